The van der Waals surface area contributed by atoms with Crippen LogP contribution in [-0.2, 0) is 16.0 Å². The van der Waals surface area contributed by atoms with E-state index in [-0.39, 0.29) is 12.0 Å². The zero-order valence-electron chi connectivity index (χ0n) is 14.5. The van der Waals surface area contributed by atoms with Crippen molar-refractivity contribution < 1.29 is 9.53 Å². The van der Waals surface area contributed by atoms with Crippen LogP contribution in [0.2, 0.25) is 0 Å². The lowest BCUT2D eigenvalue weighted by Gasteiger charge is -2.32. The van der Waals surface area contributed by atoms with E-state index in [1.165, 1.54) is 17.5 Å². The molecular formula is C19H30N2O2. The summed E-state index contributed by atoms with van der Waals surface area (Å²) >= 11 is 0. The SMILES string of the molecule is COC(CN)CC(=O)N1CCC(CCc2ccc(C)cc2)CC1. The molecule has 0 aliphatic carbocycles. The van der Waals surface area contributed by atoms with Crippen LogP contribution in [0.5, 0.6) is 0 Å². The van der Waals surface area contributed by atoms with Crippen molar-refractivity contribution in [1.29, 1.82) is 0 Å². The van der Waals surface area contributed by atoms with Gasteiger partial charge in [0, 0.05) is 26.7 Å². The molecule has 1 unspecified atom stereocenters. The zero-order valence-corrected chi connectivity index (χ0v) is 14.5. The maximum Gasteiger partial charge on any atom is 0.225 e. The number of hydrogen-bond donors (Lipinski definition) is 1. The molecule has 1 aromatic carbocycles. The molecular weight excluding hydrogens is 288 g/mol. The maximum atomic E-state index is 12.2. The van der Waals surface area contributed by atoms with Gasteiger partial charge in [0.05, 0.1) is 12.5 Å². The summed E-state index contributed by atoms with van der Waals surface area (Å²) in [7, 11) is 1.61. The number of rotatable bonds is 7. The average molecular weight is 318 g/mol. The summed E-state index contributed by atoms with van der Waals surface area (Å²) in [6.45, 7) is 4.27. The molecule has 1 atom stereocenters. The highest BCUT2D eigenvalue weighted by atomic mass is 16.5. The number of methoxy groups -OCH3 is 1. The fraction of sp³-hybridized carbons (Fsp3) is 0.632. The molecule has 0 saturated carbocycles. The van der Waals surface area contributed by atoms with Crippen molar-refractivity contribution in [3.8, 4) is 0 Å². The van der Waals surface area contributed by atoms with Gasteiger partial charge in [-0.25, -0.2) is 0 Å². The van der Waals surface area contributed by atoms with Crippen LogP contribution in [0.15, 0.2) is 24.3 Å². The third-order valence-electron chi connectivity index (χ3n) is 4.93. The van der Waals surface area contributed by atoms with Crippen LogP contribution in [0.1, 0.15) is 36.8 Å². The number of carbonyl (C=O) groups is 1. The molecule has 0 radical (unpaired) electrons. The van der Waals surface area contributed by atoms with Gasteiger partial charge in [-0.1, -0.05) is 29.8 Å². The van der Waals surface area contributed by atoms with Gasteiger partial charge < -0.3 is 15.4 Å². The summed E-state index contributed by atoms with van der Waals surface area (Å²) in [6.07, 6.45) is 4.82. The molecule has 2 rings (SSSR count). The number of amides is 1. The van der Waals surface area contributed by atoms with Crippen molar-refractivity contribution in [1.82, 2.24) is 4.90 Å². The van der Waals surface area contributed by atoms with E-state index in [0.717, 1.165) is 38.3 Å². The molecule has 1 aliphatic heterocycles. The number of hydrogen-bond acceptors (Lipinski definition) is 3. The van der Waals surface area contributed by atoms with Gasteiger partial charge in [-0.05, 0) is 44.1 Å². The first kappa shape index (κ1) is 18.0. The molecule has 1 aromatic rings. The van der Waals surface area contributed by atoms with E-state index < -0.39 is 0 Å². The van der Waals surface area contributed by atoms with Crippen LogP contribution in [0.4, 0.5) is 0 Å². The summed E-state index contributed by atoms with van der Waals surface area (Å²) in [4.78, 5) is 14.2. The molecule has 23 heavy (non-hydrogen) atoms. The second kappa shape index (κ2) is 9.04. The predicted molar refractivity (Wildman–Crippen MR) is 93.3 cm³/mol. The van der Waals surface area contributed by atoms with Gasteiger partial charge in [0.1, 0.15) is 0 Å². The molecule has 1 amide bonds. The van der Waals surface area contributed by atoms with Crippen molar-refractivity contribution in [3.05, 3.63) is 35.4 Å². The van der Waals surface area contributed by atoms with Crippen molar-refractivity contribution in [2.45, 2.75) is 45.1 Å². The topological polar surface area (TPSA) is 55.6 Å². The van der Waals surface area contributed by atoms with Gasteiger partial charge in [-0.2, -0.15) is 0 Å². The van der Waals surface area contributed by atoms with Crippen LogP contribution in [0, 0.1) is 12.8 Å². The second-order valence-electron chi connectivity index (χ2n) is 6.65. The Morgan fingerprint density at radius 2 is 1.96 bits per heavy atom. The van der Waals surface area contributed by atoms with E-state index in [1.807, 2.05) is 4.90 Å². The van der Waals surface area contributed by atoms with E-state index in [1.54, 1.807) is 7.11 Å². The number of nitrogens with zero attached hydrogens (tertiary/aromatic N) is 1. The molecule has 4 heteroatoms. The second-order valence-corrected chi connectivity index (χ2v) is 6.65. The van der Waals surface area contributed by atoms with E-state index in [2.05, 4.69) is 31.2 Å². The summed E-state index contributed by atoms with van der Waals surface area (Å²) < 4.78 is 5.21. The number of ether oxygens (including phenoxy) is 1. The molecule has 0 spiro atoms. The molecule has 1 aliphatic rings. The highest BCUT2D eigenvalue weighted by molar-refractivity contribution is 5.76. The van der Waals surface area contributed by atoms with Gasteiger partial charge in [0.15, 0.2) is 0 Å². The van der Waals surface area contributed by atoms with Crippen LogP contribution in [-0.4, -0.2) is 43.7 Å². The Labute approximate surface area is 140 Å². The smallest absolute Gasteiger partial charge is 0.225 e. The predicted octanol–water partition coefficient (Wildman–Crippen LogP) is 2.53. The number of piperidine rings is 1. The molecule has 0 aromatic heterocycles. The molecule has 128 valence electrons. The minimum Gasteiger partial charge on any atom is -0.380 e. The normalized spacial score (nSPS) is 17.3. The Morgan fingerprint density at radius 3 is 2.52 bits per heavy atom. The molecule has 1 fully saturated rings. The Kier molecular flexibility index (Phi) is 7.06. The fourth-order valence-corrected chi connectivity index (χ4v) is 3.18. The molecule has 4 nitrogen and oxygen atoms in total. The largest absolute Gasteiger partial charge is 0.380 e. The monoisotopic (exact) mass is 318 g/mol. The standard InChI is InChI=1S/C19H30N2O2/c1-15-3-5-16(6-4-15)7-8-17-9-11-21(12-10-17)19(22)13-18(14-20)23-2/h3-6,17-18H,7-14,20H2,1-2H3. The zero-order chi connectivity index (χ0) is 16.7. The summed E-state index contributed by atoms with van der Waals surface area (Å²) in [5.74, 6) is 0.910. The summed E-state index contributed by atoms with van der Waals surface area (Å²) in [6, 6.07) is 8.82. The number of carbonyl (C=O) groups excluding carboxylic acids is 1. The van der Waals surface area contributed by atoms with Gasteiger partial charge in [-0.3, -0.25) is 4.79 Å². The number of benzene rings is 1. The minimum absolute atomic E-state index is 0.151. The van der Waals surface area contributed by atoms with Crippen LogP contribution in [0.3, 0.4) is 0 Å². The maximum absolute atomic E-state index is 12.2. The molecule has 0 bridgehead atoms. The first-order valence-corrected chi connectivity index (χ1v) is 8.68. The average Bonchev–Trinajstić information content (AvgIpc) is 2.59. The van der Waals surface area contributed by atoms with Crippen LogP contribution >= 0.6 is 0 Å². The minimum atomic E-state index is -0.151. The lowest BCUT2D eigenvalue weighted by atomic mass is 9.90. The van der Waals surface area contributed by atoms with Crippen molar-refractivity contribution >= 4 is 5.91 Å². The summed E-state index contributed by atoms with van der Waals surface area (Å²) in [5, 5.41) is 0. The molecule has 1 saturated heterocycles. The first-order chi connectivity index (χ1) is 11.1. The molecule has 1 heterocycles. The third-order valence-corrected chi connectivity index (χ3v) is 4.93. The van der Waals surface area contributed by atoms with Crippen molar-refractivity contribution in [2.24, 2.45) is 11.7 Å². The Morgan fingerprint density at radius 1 is 1.30 bits per heavy atom. The lowest BCUT2D eigenvalue weighted by molar-refractivity contribution is -0.135. The lowest BCUT2D eigenvalue weighted by Crippen LogP contribution is -2.41. The number of likely N-dealkylation sites (tertiary alicyclic amines) is 1. The van der Waals surface area contributed by atoms with E-state index in [0.29, 0.717) is 13.0 Å². The van der Waals surface area contributed by atoms with Crippen molar-refractivity contribution in [3.63, 3.8) is 0 Å². The highest BCUT2D eigenvalue weighted by Gasteiger charge is 2.24. The van der Waals surface area contributed by atoms with E-state index in [9.17, 15) is 4.79 Å². The summed E-state index contributed by atoms with van der Waals surface area (Å²) in [5.41, 5.74) is 8.32. The Hall–Kier alpha value is -1.39. The van der Waals surface area contributed by atoms with E-state index in [4.69, 9.17) is 10.5 Å². The number of aryl methyl sites for hydroxylation is 2. The van der Waals surface area contributed by atoms with Crippen LogP contribution in [0.25, 0.3) is 0 Å². The quantitative estimate of drug-likeness (QED) is 0.840. The number of nitrogens with two attached hydrogens (primary N) is 1. The van der Waals surface area contributed by atoms with Gasteiger partial charge in [0.2, 0.25) is 5.91 Å². The van der Waals surface area contributed by atoms with Crippen LogP contribution < -0.4 is 5.73 Å². The van der Waals surface area contributed by atoms with E-state index >= 15 is 0 Å². The molecule has 2 N–H and O–H groups in total. The van der Waals surface area contributed by atoms with Crippen molar-refractivity contribution in [2.75, 3.05) is 26.7 Å². The van der Waals surface area contributed by atoms with Gasteiger partial charge >= 0.3 is 0 Å². The fourth-order valence-electron chi connectivity index (χ4n) is 3.18. The third kappa shape index (κ3) is 5.63. The Bertz CT molecular complexity index is 475. The highest BCUT2D eigenvalue weighted by Crippen LogP contribution is 2.23. The van der Waals surface area contributed by atoms with Gasteiger partial charge in [0.25, 0.3) is 0 Å². The Balaban J connectivity index is 1.71. The van der Waals surface area contributed by atoms with Gasteiger partial charge in [-0.15, -0.1) is 0 Å². The first-order valence-electron chi connectivity index (χ1n) is 8.68.